The molecule has 1 aliphatic rings. The van der Waals surface area contributed by atoms with Crippen molar-refractivity contribution in [1.29, 1.82) is 0 Å². The van der Waals surface area contributed by atoms with Gasteiger partial charge in [-0.3, -0.25) is 9.59 Å². The molecule has 1 heterocycles. The summed E-state index contributed by atoms with van der Waals surface area (Å²) in [4.78, 5) is 27.5. The van der Waals surface area contributed by atoms with E-state index in [4.69, 9.17) is 4.74 Å². The van der Waals surface area contributed by atoms with E-state index in [-0.39, 0.29) is 17.7 Å². The Kier molecular flexibility index (Phi) is 6.12. The van der Waals surface area contributed by atoms with Crippen molar-refractivity contribution in [2.45, 2.75) is 26.7 Å². The van der Waals surface area contributed by atoms with Crippen LogP contribution in [0.1, 0.15) is 26.7 Å². The van der Waals surface area contributed by atoms with Crippen LogP contribution in [0, 0.1) is 5.92 Å². The molecule has 0 bridgehead atoms. The van der Waals surface area contributed by atoms with Gasteiger partial charge in [-0.1, -0.05) is 0 Å². The Balaban J connectivity index is 2.47. The molecule has 1 aliphatic heterocycles. The lowest BCUT2D eigenvalue weighted by Crippen LogP contribution is -2.37. The third-order valence-corrected chi connectivity index (χ3v) is 3.42. The van der Waals surface area contributed by atoms with E-state index in [1.165, 1.54) is 0 Å². The van der Waals surface area contributed by atoms with Crippen LogP contribution in [0.15, 0.2) is 0 Å². The molecule has 1 unspecified atom stereocenters. The van der Waals surface area contributed by atoms with Gasteiger partial charge in [-0.2, -0.15) is 0 Å². The zero-order valence-corrected chi connectivity index (χ0v) is 11.6. The Hall–Kier alpha value is -1.10. The van der Waals surface area contributed by atoms with Gasteiger partial charge in [0.15, 0.2) is 0 Å². The van der Waals surface area contributed by atoms with E-state index in [9.17, 15) is 9.59 Å². The van der Waals surface area contributed by atoms with E-state index in [1.807, 2.05) is 13.8 Å². The van der Waals surface area contributed by atoms with E-state index < -0.39 is 0 Å². The average Bonchev–Trinajstić information content (AvgIpc) is 2.73. The Morgan fingerprint density at radius 3 is 2.67 bits per heavy atom. The number of ether oxygens (including phenoxy) is 1. The number of rotatable bonds is 7. The first-order valence-electron chi connectivity index (χ1n) is 6.69. The third kappa shape index (κ3) is 3.70. The highest BCUT2D eigenvalue weighted by molar-refractivity contribution is 5.89. The van der Waals surface area contributed by atoms with Crippen molar-refractivity contribution in [2.75, 3.05) is 39.9 Å². The van der Waals surface area contributed by atoms with Crippen LogP contribution in [0.5, 0.6) is 0 Å². The molecule has 0 aromatic carbocycles. The lowest BCUT2D eigenvalue weighted by molar-refractivity contribution is -0.135. The van der Waals surface area contributed by atoms with Crippen molar-refractivity contribution in [1.82, 2.24) is 9.80 Å². The van der Waals surface area contributed by atoms with Gasteiger partial charge in [0.1, 0.15) is 0 Å². The van der Waals surface area contributed by atoms with Gasteiger partial charge in [0.25, 0.3) is 0 Å². The highest BCUT2D eigenvalue weighted by Crippen LogP contribution is 2.20. The van der Waals surface area contributed by atoms with E-state index in [1.54, 1.807) is 16.9 Å². The van der Waals surface area contributed by atoms with Gasteiger partial charge in [-0.05, 0) is 20.3 Å². The normalized spacial score (nSPS) is 19.4. The van der Waals surface area contributed by atoms with Gasteiger partial charge in [-0.25, -0.2) is 0 Å². The fraction of sp³-hybridized carbons (Fsp3) is 0.846. The number of carbonyl (C=O) groups is 2. The quantitative estimate of drug-likeness (QED) is 0.631. The first-order chi connectivity index (χ1) is 8.63. The number of likely N-dealkylation sites (tertiary alicyclic amines) is 1. The molecule has 0 aliphatic carbocycles. The second kappa shape index (κ2) is 7.36. The fourth-order valence-electron chi connectivity index (χ4n) is 2.35. The molecular weight excluding hydrogens is 232 g/mol. The second-order valence-electron chi connectivity index (χ2n) is 4.60. The van der Waals surface area contributed by atoms with Crippen LogP contribution in [0.3, 0.4) is 0 Å². The lowest BCUT2D eigenvalue weighted by atomic mass is 10.1. The zero-order valence-electron chi connectivity index (χ0n) is 11.6. The molecule has 104 valence electrons. The Bertz CT molecular complexity index is 290. The number of amides is 2. The molecule has 5 heteroatoms. The largest absolute Gasteiger partial charge is 0.385 e. The molecule has 18 heavy (non-hydrogen) atoms. The van der Waals surface area contributed by atoms with E-state index in [0.29, 0.717) is 39.2 Å². The Morgan fingerprint density at radius 2 is 2.11 bits per heavy atom. The highest BCUT2D eigenvalue weighted by atomic mass is 16.5. The summed E-state index contributed by atoms with van der Waals surface area (Å²) in [7, 11) is 1.65. The van der Waals surface area contributed by atoms with Crippen LogP contribution in [0.25, 0.3) is 0 Å². The monoisotopic (exact) mass is 256 g/mol. The summed E-state index contributed by atoms with van der Waals surface area (Å²) in [5.74, 6) is 0.0548. The Labute approximate surface area is 109 Å². The van der Waals surface area contributed by atoms with Crippen molar-refractivity contribution >= 4 is 11.8 Å². The molecule has 0 spiro atoms. The molecule has 0 radical (unpaired) electrons. The summed E-state index contributed by atoms with van der Waals surface area (Å²) >= 11 is 0. The van der Waals surface area contributed by atoms with E-state index in [0.717, 1.165) is 6.42 Å². The Morgan fingerprint density at radius 1 is 1.44 bits per heavy atom. The van der Waals surface area contributed by atoms with Crippen molar-refractivity contribution in [3.8, 4) is 0 Å². The number of carbonyl (C=O) groups excluding carboxylic acids is 2. The number of nitrogens with zero attached hydrogens (tertiary/aromatic N) is 2. The summed E-state index contributed by atoms with van der Waals surface area (Å²) in [5.41, 5.74) is 0. The van der Waals surface area contributed by atoms with Crippen molar-refractivity contribution in [2.24, 2.45) is 5.92 Å². The lowest BCUT2D eigenvalue weighted by Gasteiger charge is -2.22. The average molecular weight is 256 g/mol. The maximum absolute atomic E-state index is 12.2. The summed E-state index contributed by atoms with van der Waals surface area (Å²) in [6.07, 6.45) is 1.19. The van der Waals surface area contributed by atoms with Crippen LogP contribution in [-0.4, -0.2) is 61.5 Å². The summed E-state index contributed by atoms with van der Waals surface area (Å²) in [5, 5.41) is 0. The molecule has 0 saturated carbocycles. The minimum atomic E-state index is -0.153. The van der Waals surface area contributed by atoms with E-state index >= 15 is 0 Å². The molecule has 0 aromatic heterocycles. The van der Waals surface area contributed by atoms with E-state index in [2.05, 4.69) is 0 Å². The molecule has 1 rings (SSSR count). The molecule has 0 aromatic rings. The van der Waals surface area contributed by atoms with Crippen LogP contribution in [0.4, 0.5) is 0 Å². The molecule has 2 amide bonds. The molecule has 1 fully saturated rings. The third-order valence-electron chi connectivity index (χ3n) is 3.42. The molecule has 0 N–H and O–H groups in total. The number of hydrogen-bond acceptors (Lipinski definition) is 3. The predicted molar refractivity (Wildman–Crippen MR) is 69.1 cm³/mol. The maximum Gasteiger partial charge on any atom is 0.227 e. The SMILES string of the molecule is CCN(CC)C(=O)C1CC(=O)N(CCCOC)C1. The van der Waals surface area contributed by atoms with Crippen molar-refractivity contribution in [3.05, 3.63) is 0 Å². The topological polar surface area (TPSA) is 49.9 Å². The van der Waals surface area contributed by atoms with Crippen molar-refractivity contribution in [3.63, 3.8) is 0 Å². The standard InChI is InChI=1S/C13H24N2O3/c1-4-14(5-2)13(17)11-9-12(16)15(10-11)7-6-8-18-3/h11H,4-10H2,1-3H3. The molecule has 1 atom stereocenters. The van der Waals surface area contributed by atoms with Crippen LogP contribution < -0.4 is 0 Å². The van der Waals surface area contributed by atoms with Crippen LogP contribution in [-0.2, 0) is 14.3 Å². The summed E-state index contributed by atoms with van der Waals surface area (Å²) in [6, 6.07) is 0. The van der Waals surface area contributed by atoms with Crippen molar-refractivity contribution < 1.29 is 14.3 Å². The summed E-state index contributed by atoms with van der Waals surface area (Å²) < 4.78 is 4.97. The molecule has 1 saturated heterocycles. The minimum absolute atomic E-state index is 0.0941. The first-order valence-corrected chi connectivity index (χ1v) is 6.69. The van der Waals surface area contributed by atoms with Gasteiger partial charge in [-0.15, -0.1) is 0 Å². The highest BCUT2D eigenvalue weighted by Gasteiger charge is 2.35. The van der Waals surface area contributed by atoms with Gasteiger partial charge in [0.05, 0.1) is 5.92 Å². The molecule has 5 nitrogen and oxygen atoms in total. The van der Waals surface area contributed by atoms with Gasteiger partial charge < -0.3 is 14.5 Å². The zero-order chi connectivity index (χ0) is 13.5. The number of methoxy groups -OCH3 is 1. The second-order valence-corrected chi connectivity index (χ2v) is 4.60. The van der Waals surface area contributed by atoms with Crippen LogP contribution in [0.2, 0.25) is 0 Å². The van der Waals surface area contributed by atoms with Gasteiger partial charge >= 0.3 is 0 Å². The maximum atomic E-state index is 12.2. The van der Waals surface area contributed by atoms with Gasteiger partial charge in [0, 0.05) is 46.3 Å². The molecular formula is C13H24N2O3. The minimum Gasteiger partial charge on any atom is -0.385 e. The smallest absolute Gasteiger partial charge is 0.227 e. The number of hydrogen-bond donors (Lipinski definition) is 0. The first kappa shape index (κ1) is 15.0. The van der Waals surface area contributed by atoms with Gasteiger partial charge in [0.2, 0.25) is 11.8 Å². The fourth-order valence-corrected chi connectivity index (χ4v) is 2.35. The predicted octanol–water partition coefficient (Wildman–Crippen LogP) is 0.740. The summed E-state index contributed by atoms with van der Waals surface area (Å²) in [6.45, 7) is 7.27. The van der Waals surface area contributed by atoms with Crippen LogP contribution >= 0.6 is 0 Å².